The molecule has 0 spiro atoms. The second-order valence-electron chi connectivity index (χ2n) is 7.19. The molecule has 8 heteroatoms. The number of thioether (sulfide) groups is 1. The van der Waals surface area contributed by atoms with Crippen molar-refractivity contribution in [2.24, 2.45) is 4.99 Å². The number of anilines is 2. The quantitative estimate of drug-likeness (QED) is 0.804. The number of fused-ring (bicyclic) bond motifs is 1. The van der Waals surface area contributed by atoms with Crippen LogP contribution in [0.25, 0.3) is 0 Å². The van der Waals surface area contributed by atoms with Crippen molar-refractivity contribution in [1.82, 2.24) is 0 Å². The molecule has 2 aliphatic rings. The minimum absolute atomic E-state index is 0.0104. The Hall–Kier alpha value is -2.32. The van der Waals surface area contributed by atoms with Gasteiger partial charge in [0.2, 0.25) is 0 Å². The summed E-state index contributed by atoms with van der Waals surface area (Å²) >= 11 is 1.46. The maximum Gasteiger partial charge on any atom is 0.255 e. The van der Waals surface area contributed by atoms with E-state index in [4.69, 9.17) is 0 Å². The molecule has 2 heterocycles. The van der Waals surface area contributed by atoms with E-state index in [0.717, 1.165) is 16.9 Å². The molecular formula is C20H21N3O3S2. The van der Waals surface area contributed by atoms with Gasteiger partial charge in [0.1, 0.15) is 0 Å². The van der Waals surface area contributed by atoms with Gasteiger partial charge in [-0.2, -0.15) is 0 Å². The highest BCUT2D eigenvalue weighted by molar-refractivity contribution is 8.15. The van der Waals surface area contributed by atoms with Gasteiger partial charge in [-0.05, 0) is 55.3 Å². The van der Waals surface area contributed by atoms with Crippen molar-refractivity contribution in [2.75, 3.05) is 22.1 Å². The minimum atomic E-state index is -2.96. The number of carbonyl (C=O) groups excluding carboxylic acids is 1. The zero-order chi connectivity index (χ0) is 19.9. The monoisotopic (exact) mass is 415 g/mol. The van der Waals surface area contributed by atoms with E-state index in [1.165, 1.54) is 17.3 Å². The average Bonchev–Trinajstić information content (AvgIpc) is 3.11. The highest BCUT2D eigenvalue weighted by Gasteiger charge is 2.42. The topological polar surface area (TPSA) is 87.6 Å². The van der Waals surface area contributed by atoms with Crippen molar-refractivity contribution in [1.29, 1.82) is 0 Å². The van der Waals surface area contributed by atoms with Gasteiger partial charge in [0.25, 0.3) is 5.91 Å². The zero-order valence-electron chi connectivity index (χ0n) is 15.6. The number of rotatable bonds is 3. The van der Waals surface area contributed by atoms with Crippen LogP contribution in [0.4, 0.5) is 11.4 Å². The molecule has 28 heavy (non-hydrogen) atoms. The summed E-state index contributed by atoms with van der Waals surface area (Å²) in [5, 5.41) is 6.83. The van der Waals surface area contributed by atoms with E-state index in [2.05, 4.69) is 15.6 Å². The normalized spacial score (nSPS) is 22.4. The molecule has 2 atom stereocenters. The van der Waals surface area contributed by atoms with Crippen LogP contribution in [0.15, 0.2) is 47.5 Å². The molecule has 146 valence electrons. The number of aliphatic imine (C=N–C) groups is 1. The lowest BCUT2D eigenvalue weighted by Crippen LogP contribution is -2.14. The molecule has 1 amide bonds. The third-order valence-electron chi connectivity index (χ3n) is 4.96. The summed E-state index contributed by atoms with van der Waals surface area (Å²) in [6.07, 6.45) is 0. The van der Waals surface area contributed by atoms with Gasteiger partial charge in [-0.3, -0.25) is 9.79 Å². The molecule has 0 saturated carbocycles. The molecule has 1 fully saturated rings. The zero-order valence-corrected chi connectivity index (χ0v) is 17.2. The fourth-order valence-corrected chi connectivity index (χ4v) is 6.98. The van der Waals surface area contributed by atoms with Gasteiger partial charge in [0.15, 0.2) is 15.0 Å². The second-order valence-corrected chi connectivity index (χ2v) is 10.6. The van der Waals surface area contributed by atoms with Crippen molar-refractivity contribution in [3.8, 4) is 0 Å². The fraction of sp³-hybridized carbons (Fsp3) is 0.300. The van der Waals surface area contributed by atoms with Crippen LogP contribution in [0.2, 0.25) is 0 Å². The molecule has 0 unspecified atom stereocenters. The van der Waals surface area contributed by atoms with E-state index in [1.807, 2.05) is 44.2 Å². The minimum Gasteiger partial charge on any atom is -0.335 e. The van der Waals surface area contributed by atoms with E-state index >= 15 is 0 Å². The van der Waals surface area contributed by atoms with Gasteiger partial charge in [0.05, 0.1) is 17.5 Å². The first-order valence-corrected chi connectivity index (χ1v) is 11.7. The number of benzene rings is 2. The highest BCUT2D eigenvalue weighted by Crippen LogP contribution is 2.34. The molecule has 0 bridgehead atoms. The lowest BCUT2D eigenvalue weighted by molar-refractivity contribution is 0.102. The van der Waals surface area contributed by atoms with E-state index in [-0.39, 0.29) is 28.7 Å². The summed E-state index contributed by atoms with van der Waals surface area (Å²) in [4.78, 5) is 17.1. The number of aryl methyl sites for hydroxylation is 2. The molecule has 2 aromatic carbocycles. The van der Waals surface area contributed by atoms with Crippen molar-refractivity contribution < 1.29 is 13.2 Å². The first-order valence-electron chi connectivity index (χ1n) is 9.00. The molecule has 2 aromatic rings. The number of hydrogen-bond acceptors (Lipinski definition) is 6. The number of amides is 1. The molecule has 2 N–H and O–H groups in total. The van der Waals surface area contributed by atoms with Gasteiger partial charge in [-0.15, -0.1) is 0 Å². The Kier molecular flexibility index (Phi) is 4.93. The average molecular weight is 416 g/mol. The summed E-state index contributed by atoms with van der Waals surface area (Å²) < 4.78 is 23.3. The van der Waals surface area contributed by atoms with Crippen LogP contribution in [0.3, 0.4) is 0 Å². The molecule has 0 radical (unpaired) electrons. The second kappa shape index (κ2) is 7.25. The smallest absolute Gasteiger partial charge is 0.255 e. The predicted molar refractivity (Wildman–Crippen MR) is 115 cm³/mol. The third-order valence-corrected chi connectivity index (χ3v) is 8.10. The molecule has 1 saturated heterocycles. The number of nitrogens with zero attached hydrogens (tertiary/aromatic N) is 1. The largest absolute Gasteiger partial charge is 0.335 e. The SMILES string of the molecule is Cc1ccc(NC(=O)c2cccc(NC3=N[C@H]4CS(=O)(=O)C[C@@H]4S3)c2)cc1C. The van der Waals surface area contributed by atoms with E-state index < -0.39 is 9.84 Å². The van der Waals surface area contributed by atoms with Gasteiger partial charge in [0, 0.05) is 22.2 Å². The van der Waals surface area contributed by atoms with E-state index in [1.54, 1.807) is 12.1 Å². The van der Waals surface area contributed by atoms with Crippen molar-refractivity contribution in [3.63, 3.8) is 0 Å². The Bertz CT molecular complexity index is 1080. The molecule has 0 aliphatic carbocycles. The maximum atomic E-state index is 12.6. The Labute approximate surface area is 168 Å². The van der Waals surface area contributed by atoms with Crippen LogP contribution in [0, 0.1) is 13.8 Å². The third kappa shape index (κ3) is 4.07. The Morgan fingerprint density at radius 3 is 2.64 bits per heavy atom. The lowest BCUT2D eigenvalue weighted by Gasteiger charge is -2.10. The molecule has 2 aliphatic heterocycles. The van der Waals surface area contributed by atoms with Gasteiger partial charge in [-0.1, -0.05) is 23.9 Å². The summed E-state index contributed by atoms with van der Waals surface area (Å²) in [7, 11) is -2.96. The number of carbonyl (C=O) groups is 1. The summed E-state index contributed by atoms with van der Waals surface area (Å²) in [6.45, 7) is 4.04. The van der Waals surface area contributed by atoms with Gasteiger partial charge in [-0.25, -0.2) is 8.42 Å². The summed E-state index contributed by atoms with van der Waals surface area (Å²) in [5.74, 6) is 0.111. The maximum absolute atomic E-state index is 12.6. The van der Waals surface area contributed by atoms with Crippen LogP contribution < -0.4 is 10.6 Å². The van der Waals surface area contributed by atoms with Crippen LogP contribution in [-0.2, 0) is 9.84 Å². The Morgan fingerprint density at radius 2 is 1.89 bits per heavy atom. The van der Waals surface area contributed by atoms with Gasteiger partial charge >= 0.3 is 0 Å². The van der Waals surface area contributed by atoms with Crippen LogP contribution in [-0.4, -0.2) is 42.3 Å². The number of hydrogen-bond donors (Lipinski definition) is 2. The van der Waals surface area contributed by atoms with Crippen LogP contribution in [0.5, 0.6) is 0 Å². The Morgan fingerprint density at radius 1 is 1.07 bits per heavy atom. The van der Waals surface area contributed by atoms with Crippen LogP contribution >= 0.6 is 11.8 Å². The fourth-order valence-electron chi connectivity index (χ4n) is 3.30. The molecular weight excluding hydrogens is 394 g/mol. The first kappa shape index (κ1) is 19.0. The highest BCUT2D eigenvalue weighted by atomic mass is 32.2. The van der Waals surface area contributed by atoms with E-state index in [9.17, 15) is 13.2 Å². The van der Waals surface area contributed by atoms with Crippen molar-refractivity contribution >= 4 is 44.0 Å². The molecule has 0 aromatic heterocycles. The number of sulfone groups is 1. The van der Waals surface area contributed by atoms with Crippen molar-refractivity contribution in [2.45, 2.75) is 25.1 Å². The number of nitrogens with one attached hydrogen (secondary N) is 2. The first-order chi connectivity index (χ1) is 13.3. The Balaban J connectivity index is 1.44. The predicted octanol–water partition coefficient (Wildman–Crippen LogP) is 3.24. The van der Waals surface area contributed by atoms with Gasteiger partial charge < -0.3 is 10.6 Å². The lowest BCUT2D eigenvalue weighted by atomic mass is 10.1. The van der Waals surface area contributed by atoms with Crippen molar-refractivity contribution in [3.05, 3.63) is 59.2 Å². The standard InChI is InChI=1S/C20H21N3O3S2/c1-12-6-7-16(8-13(12)2)21-19(24)14-4-3-5-15(9-14)22-20-23-17-10-28(25,26)11-18(17)27-20/h3-9,17-18H,10-11H2,1-2H3,(H,21,24)(H,22,23)/t17-,18-/m0/s1. The molecule has 6 nitrogen and oxygen atoms in total. The van der Waals surface area contributed by atoms with Crippen LogP contribution in [0.1, 0.15) is 21.5 Å². The summed E-state index contributed by atoms with van der Waals surface area (Å²) in [6, 6.07) is 12.8. The number of amidine groups is 1. The van der Waals surface area contributed by atoms with E-state index in [0.29, 0.717) is 10.7 Å². The molecule has 4 rings (SSSR count). The summed E-state index contributed by atoms with van der Waals surface area (Å²) in [5.41, 5.74) is 4.35.